The molecule has 0 aliphatic carbocycles. The second-order valence-corrected chi connectivity index (χ2v) is 8.95. The van der Waals surface area contributed by atoms with E-state index in [1.165, 1.54) is 18.7 Å². The van der Waals surface area contributed by atoms with Gasteiger partial charge < -0.3 is 5.32 Å². The van der Waals surface area contributed by atoms with Crippen molar-refractivity contribution in [3.05, 3.63) is 65.2 Å². The maximum absolute atomic E-state index is 12.5. The smallest absolute Gasteiger partial charge is 0.231 e. The van der Waals surface area contributed by atoms with Crippen molar-refractivity contribution in [1.29, 1.82) is 0 Å². The normalized spacial score (nSPS) is 12.0. The zero-order valence-corrected chi connectivity index (χ0v) is 19.3. The number of thioether (sulfide) groups is 1. The van der Waals surface area contributed by atoms with Gasteiger partial charge in [-0.05, 0) is 42.7 Å². The summed E-state index contributed by atoms with van der Waals surface area (Å²) in [4.78, 5) is 24.2. The van der Waals surface area contributed by atoms with Crippen LogP contribution in [0.1, 0.15) is 26.3 Å². The van der Waals surface area contributed by atoms with Gasteiger partial charge in [0.2, 0.25) is 5.91 Å². The maximum Gasteiger partial charge on any atom is 0.231 e. The average molecular weight is 457 g/mol. The van der Waals surface area contributed by atoms with Crippen LogP contribution in [0.3, 0.4) is 0 Å². The predicted octanol–water partition coefficient (Wildman–Crippen LogP) is 4.47. The highest BCUT2D eigenvalue weighted by Gasteiger charge is 2.22. The van der Waals surface area contributed by atoms with Crippen molar-refractivity contribution in [3.8, 4) is 11.4 Å². The van der Waals surface area contributed by atoms with E-state index in [0.29, 0.717) is 22.5 Å². The quantitative estimate of drug-likeness (QED) is 0.481. The fraction of sp³-hybridized carbons (Fsp3) is 0.304. The third-order valence-corrected chi connectivity index (χ3v) is 5.98. The zero-order valence-electron chi connectivity index (χ0n) is 17.7. The number of hydrogen-bond donors (Lipinski definition) is 1. The molecule has 0 radical (unpaired) electrons. The largest absolute Gasteiger partial charge is 0.345 e. The number of Topliss-reactive ketones (excluding diaryl/α,β-unsaturated/α-hetero) is 1. The molecular weight excluding hydrogens is 432 g/mol. The summed E-state index contributed by atoms with van der Waals surface area (Å²) in [7, 11) is 0. The van der Waals surface area contributed by atoms with E-state index in [0.717, 1.165) is 11.1 Å². The molecule has 3 aromatic rings. The number of carbonyl (C=O) groups is 2. The molecule has 6 nitrogen and oxygen atoms in total. The van der Waals surface area contributed by atoms with Crippen molar-refractivity contribution in [3.63, 3.8) is 0 Å². The topological polar surface area (TPSA) is 76.9 Å². The van der Waals surface area contributed by atoms with Gasteiger partial charge in [-0.25, -0.2) is 0 Å². The molecule has 162 valence electrons. The van der Waals surface area contributed by atoms with Gasteiger partial charge in [0.05, 0.1) is 18.3 Å². The average Bonchev–Trinajstić information content (AvgIpc) is 3.13. The minimum atomic E-state index is -0.486. The third-order valence-electron chi connectivity index (χ3n) is 4.76. The van der Waals surface area contributed by atoms with Gasteiger partial charge in [-0.15, -0.1) is 10.2 Å². The Balaban J connectivity index is 1.81. The van der Waals surface area contributed by atoms with Gasteiger partial charge in [0.15, 0.2) is 16.8 Å². The first-order valence-electron chi connectivity index (χ1n) is 10.0. The number of nitrogens with one attached hydrogen (secondary N) is 1. The van der Waals surface area contributed by atoms with E-state index < -0.39 is 6.04 Å². The summed E-state index contributed by atoms with van der Waals surface area (Å²) in [6.07, 6.45) is 0. The Kier molecular flexibility index (Phi) is 7.87. The Morgan fingerprint density at radius 3 is 2.35 bits per heavy atom. The number of amides is 1. The van der Waals surface area contributed by atoms with Gasteiger partial charge in [-0.3, -0.25) is 14.2 Å². The molecule has 2 aromatic carbocycles. The third kappa shape index (κ3) is 6.18. The molecule has 1 amide bonds. The van der Waals surface area contributed by atoms with E-state index in [1.54, 1.807) is 0 Å². The number of halogens is 1. The van der Waals surface area contributed by atoms with Crippen LogP contribution in [0.2, 0.25) is 5.02 Å². The summed E-state index contributed by atoms with van der Waals surface area (Å²) in [5, 5.41) is 12.8. The van der Waals surface area contributed by atoms with E-state index in [-0.39, 0.29) is 23.4 Å². The van der Waals surface area contributed by atoms with Gasteiger partial charge in [-0.2, -0.15) is 0 Å². The molecule has 8 heteroatoms. The highest BCUT2D eigenvalue weighted by molar-refractivity contribution is 7.99. The number of aromatic nitrogens is 3. The molecule has 1 N–H and O–H groups in total. The molecule has 1 atom stereocenters. The van der Waals surface area contributed by atoms with Crippen LogP contribution in [0, 0.1) is 5.92 Å². The lowest BCUT2D eigenvalue weighted by Gasteiger charge is -2.19. The van der Waals surface area contributed by atoms with Crippen molar-refractivity contribution in [2.24, 2.45) is 5.92 Å². The Bertz CT molecular complexity index is 1040. The minimum absolute atomic E-state index is 0.0321. The van der Waals surface area contributed by atoms with Crippen LogP contribution in [0.4, 0.5) is 0 Å². The summed E-state index contributed by atoms with van der Waals surface area (Å²) in [6, 6.07) is 16.9. The first-order valence-corrected chi connectivity index (χ1v) is 11.4. The lowest BCUT2D eigenvalue weighted by molar-refractivity contribution is -0.126. The van der Waals surface area contributed by atoms with Crippen LogP contribution in [0.25, 0.3) is 11.4 Å². The van der Waals surface area contributed by atoms with Crippen molar-refractivity contribution >= 4 is 35.1 Å². The summed E-state index contributed by atoms with van der Waals surface area (Å²) in [5.41, 5.74) is 1.99. The molecule has 31 heavy (non-hydrogen) atoms. The fourth-order valence-electron chi connectivity index (χ4n) is 3.20. The van der Waals surface area contributed by atoms with Crippen molar-refractivity contribution in [2.75, 3.05) is 5.75 Å². The molecule has 0 saturated heterocycles. The highest BCUT2D eigenvalue weighted by atomic mass is 35.5. The van der Waals surface area contributed by atoms with E-state index in [9.17, 15) is 9.59 Å². The van der Waals surface area contributed by atoms with E-state index in [2.05, 4.69) is 15.5 Å². The molecule has 0 fully saturated rings. The Labute approximate surface area is 191 Å². The molecule has 1 aromatic heterocycles. The number of hydrogen-bond acceptors (Lipinski definition) is 5. The van der Waals surface area contributed by atoms with Crippen LogP contribution in [-0.4, -0.2) is 38.2 Å². The minimum Gasteiger partial charge on any atom is -0.345 e. The summed E-state index contributed by atoms with van der Waals surface area (Å²) < 4.78 is 1.99. The van der Waals surface area contributed by atoms with Crippen molar-refractivity contribution in [2.45, 2.75) is 38.5 Å². The fourth-order valence-corrected chi connectivity index (χ4v) is 4.07. The lowest BCUT2D eigenvalue weighted by atomic mass is 10.0. The maximum atomic E-state index is 12.5. The van der Waals surface area contributed by atoms with Crippen LogP contribution >= 0.6 is 23.4 Å². The molecule has 0 aliphatic rings. The number of ketones is 1. The van der Waals surface area contributed by atoms with Crippen LogP contribution in [0.5, 0.6) is 0 Å². The molecule has 0 saturated carbocycles. The lowest BCUT2D eigenvalue weighted by Crippen LogP contribution is -2.44. The van der Waals surface area contributed by atoms with Gasteiger partial charge in [0.25, 0.3) is 0 Å². The Morgan fingerprint density at radius 1 is 1.06 bits per heavy atom. The molecule has 0 bridgehead atoms. The second kappa shape index (κ2) is 10.6. The second-order valence-electron chi connectivity index (χ2n) is 7.57. The first-order chi connectivity index (χ1) is 14.8. The zero-order chi connectivity index (χ0) is 22.4. The summed E-state index contributed by atoms with van der Waals surface area (Å²) >= 11 is 7.33. The van der Waals surface area contributed by atoms with Gasteiger partial charge in [-0.1, -0.05) is 67.5 Å². The van der Waals surface area contributed by atoms with Crippen molar-refractivity contribution in [1.82, 2.24) is 20.1 Å². The van der Waals surface area contributed by atoms with Crippen molar-refractivity contribution < 1.29 is 9.59 Å². The highest BCUT2D eigenvalue weighted by Crippen LogP contribution is 2.26. The monoisotopic (exact) mass is 456 g/mol. The Hall–Kier alpha value is -2.64. The molecule has 0 spiro atoms. The first kappa shape index (κ1) is 23.0. The van der Waals surface area contributed by atoms with Crippen LogP contribution < -0.4 is 5.32 Å². The standard InChI is InChI=1S/C23H25ClN4O2S/c1-15(2)21(16(3)29)25-20(30)14-31-23-27-26-22(18-9-11-19(24)12-10-18)28(23)13-17-7-5-4-6-8-17/h4-12,15,21H,13-14H2,1-3H3,(H,25,30). The molecular formula is C23H25ClN4O2S. The molecule has 1 unspecified atom stereocenters. The van der Waals surface area contributed by atoms with E-state index in [1.807, 2.05) is 73.0 Å². The Morgan fingerprint density at radius 2 is 1.74 bits per heavy atom. The SMILES string of the molecule is CC(=O)C(NC(=O)CSc1nnc(-c2ccc(Cl)cc2)n1Cc1ccccc1)C(C)C. The summed E-state index contributed by atoms with van der Waals surface area (Å²) in [5.74, 6) is 0.619. The number of carbonyl (C=O) groups excluding carboxylic acids is 2. The van der Waals surface area contributed by atoms with Gasteiger partial charge in [0.1, 0.15) is 0 Å². The van der Waals surface area contributed by atoms with Gasteiger partial charge >= 0.3 is 0 Å². The van der Waals surface area contributed by atoms with Crippen LogP contribution in [0.15, 0.2) is 59.8 Å². The van der Waals surface area contributed by atoms with Crippen LogP contribution in [-0.2, 0) is 16.1 Å². The molecule has 3 rings (SSSR count). The molecule has 0 aliphatic heterocycles. The number of benzene rings is 2. The number of nitrogens with zero attached hydrogens (tertiary/aromatic N) is 3. The summed E-state index contributed by atoms with van der Waals surface area (Å²) in [6.45, 7) is 5.88. The predicted molar refractivity (Wildman–Crippen MR) is 124 cm³/mol. The van der Waals surface area contributed by atoms with E-state index >= 15 is 0 Å². The van der Waals surface area contributed by atoms with E-state index in [4.69, 9.17) is 11.6 Å². The number of rotatable bonds is 9. The molecule has 1 heterocycles. The van der Waals surface area contributed by atoms with Gasteiger partial charge in [0, 0.05) is 10.6 Å².